The number of aromatic nitrogens is 2. The maximum atomic E-state index is 12.3. The third-order valence-corrected chi connectivity index (χ3v) is 1.75. The van der Waals surface area contributed by atoms with E-state index in [-0.39, 0.29) is 0 Å². The van der Waals surface area contributed by atoms with Crippen LogP contribution in [0.4, 0.5) is 8.78 Å². The maximum absolute atomic E-state index is 12.3. The van der Waals surface area contributed by atoms with Crippen LogP contribution in [-0.4, -0.2) is 22.0 Å². The molecule has 0 aliphatic rings. The highest BCUT2D eigenvalue weighted by Gasteiger charge is 2.09. The summed E-state index contributed by atoms with van der Waals surface area (Å²) >= 11 is 0. The zero-order valence-corrected chi connectivity index (χ0v) is 8.69. The minimum Gasteiger partial charge on any atom is -0.285 e. The Balaban J connectivity index is 2.97. The average molecular weight is 213 g/mol. The molecule has 0 atom stereocenters. The van der Waals surface area contributed by atoms with Gasteiger partial charge in [-0.1, -0.05) is 6.08 Å². The fourth-order valence-electron chi connectivity index (χ4n) is 1.15. The summed E-state index contributed by atoms with van der Waals surface area (Å²) in [5, 5.41) is 3.55. The van der Waals surface area contributed by atoms with Crippen LogP contribution < -0.4 is 0 Å². The van der Waals surface area contributed by atoms with Crippen LogP contribution in [0.1, 0.15) is 26.0 Å². The average Bonchev–Trinajstić information content (AvgIpc) is 2.66. The molecule has 0 spiro atoms. The van der Waals surface area contributed by atoms with Gasteiger partial charge in [-0.3, -0.25) is 4.99 Å². The molecule has 0 N–H and O–H groups in total. The van der Waals surface area contributed by atoms with Crippen molar-refractivity contribution in [1.82, 2.24) is 9.78 Å². The number of nitrogens with zero attached hydrogens (tertiary/aromatic N) is 3. The smallest absolute Gasteiger partial charge is 0.285 e. The van der Waals surface area contributed by atoms with Crippen LogP contribution in [0.25, 0.3) is 0 Å². The summed E-state index contributed by atoms with van der Waals surface area (Å²) in [4.78, 5) is 4.19. The van der Waals surface area contributed by atoms with Gasteiger partial charge in [-0.15, -0.1) is 0 Å². The first-order valence-corrected chi connectivity index (χ1v) is 4.68. The first-order valence-electron chi connectivity index (χ1n) is 4.68. The Kier molecular flexibility index (Phi) is 4.15. The molecular formula is C10H13F2N3. The summed E-state index contributed by atoms with van der Waals surface area (Å²) in [5.41, 5.74) is 1.28. The van der Waals surface area contributed by atoms with Gasteiger partial charge in [0, 0.05) is 18.3 Å². The Hall–Kier alpha value is -1.52. The minimum atomic E-state index is -2.60. The second kappa shape index (κ2) is 5.38. The number of halogens is 2. The number of aliphatic imine (C=N–C) groups is 1. The molecule has 15 heavy (non-hydrogen) atoms. The first kappa shape index (κ1) is 11.6. The molecule has 0 aromatic carbocycles. The number of hydrogen-bond acceptors (Lipinski definition) is 2. The third kappa shape index (κ3) is 2.97. The Morgan fingerprint density at radius 2 is 2.40 bits per heavy atom. The predicted molar refractivity (Wildman–Crippen MR) is 55.4 cm³/mol. The van der Waals surface area contributed by atoms with E-state index in [0.29, 0.717) is 22.5 Å². The van der Waals surface area contributed by atoms with E-state index in [1.165, 1.54) is 12.4 Å². The first-order chi connectivity index (χ1) is 7.19. The van der Waals surface area contributed by atoms with E-state index in [4.69, 9.17) is 0 Å². The topological polar surface area (TPSA) is 30.2 Å². The Labute approximate surface area is 87.1 Å². The lowest BCUT2D eigenvalue weighted by molar-refractivity contribution is 0.0566. The summed E-state index contributed by atoms with van der Waals surface area (Å²) in [5.74, 6) is 0. The van der Waals surface area contributed by atoms with Gasteiger partial charge in [0.25, 0.3) is 0 Å². The number of alkyl halides is 2. The van der Waals surface area contributed by atoms with Crippen molar-refractivity contribution in [3.8, 4) is 0 Å². The van der Waals surface area contributed by atoms with Crippen LogP contribution >= 0.6 is 0 Å². The second-order valence-electron chi connectivity index (χ2n) is 2.85. The molecule has 1 aromatic heterocycles. The Morgan fingerprint density at radius 1 is 1.67 bits per heavy atom. The van der Waals surface area contributed by atoms with Crippen LogP contribution in [0.3, 0.4) is 0 Å². The summed E-state index contributed by atoms with van der Waals surface area (Å²) < 4.78 is 25.1. The van der Waals surface area contributed by atoms with Crippen molar-refractivity contribution in [2.24, 2.45) is 4.99 Å². The molecule has 5 heteroatoms. The van der Waals surface area contributed by atoms with E-state index in [1.54, 1.807) is 6.08 Å². The molecule has 0 aliphatic carbocycles. The van der Waals surface area contributed by atoms with Gasteiger partial charge < -0.3 is 0 Å². The normalized spacial score (nSPS) is 13.0. The highest BCUT2D eigenvalue weighted by molar-refractivity contribution is 6.08. The summed E-state index contributed by atoms with van der Waals surface area (Å²) in [6.07, 6.45) is 6.27. The van der Waals surface area contributed by atoms with E-state index in [0.717, 1.165) is 0 Å². The standard InChI is InChI=1S/C10H13F2N3/c1-3-5-9(13-4-2)8-6-14-15(7-8)10(11)12/h3,5-7,10H,4H2,1-2H3/b5-3-,13-9?. The van der Waals surface area contributed by atoms with E-state index in [1.807, 2.05) is 19.9 Å². The fourth-order valence-corrected chi connectivity index (χ4v) is 1.15. The van der Waals surface area contributed by atoms with Crippen molar-refractivity contribution >= 4 is 5.71 Å². The zero-order valence-electron chi connectivity index (χ0n) is 8.69. The van der Waals surface area contributed by atoms with E-state index >= 15 is 0 Å². The number of hydrogen-bond donors (Lipinski definition) is 0. The maximum Gasteiger partial charge on any atom is 0.333 e. The van der Waals surface area contributed by atoms with E-state index in [9.17, 15) is 8.78 Å². The van der Waals surface area contributed by atoms with Crippen molar-refractivity contribution in [2.75, 3.05) is 6.54 Å². The predicted octanol–water partition coefficient (Wildman–Crippen LogP) is 2.66. The molecule has 82 valence electrons. The van der Waals surface area contributed by atoms with Crippen LogP contribution in [0.2, 0.25) is 0 Å². The van der Waals surface area contributed by atoms with Gasteiger partial charge in [-0.25, -0.2) is 4.68 Å². The second-order valence-corrected chi connectivity index (χ2v) is 2.85. The lowest BCUT2D eigenvalue weighted by Crippen LogP contribution is -1.99. The largest absolute Gasteiger partial charge is 0.333 e. The fraction of sp³-hybridized carbons (Fsp3) is 0.400. The molecule has 0 fully saturated rings. The van der Waals surface area contributed by atoms with Crippen LogP contribution in [0.15, 0.2) is 29.5 Å². The van der Waals surface area contributed by atoms with Gasteiger partial charge in [-0.2, -0.15) is 13.9 Å². The van der Waals surface area contributed by atoms with Crippen molar-refractivity contribution in [1.29, 1.82) is 0 Å². The SMILES string of the molecule is C/C=C\C(=NCC)c1cnn(C(F)F)c1. The number of allylic oxidation sites excluding steroid dienone is 2. The van der Waals surface area contributed by atoms with Gasteiger partial charge in [0.05, 0.1) is 11.9 Å². The highest BCUT2D eigenvalue weighted by atomic mass is 19.3. The summed E-state index contributed by atoms with van der Waals surface area (Å²) in [6, 6.07) is 0. The molecule has 3 nitrogen and oxygen atoms in total. The molecule has 0 radical (unpaired) electrons. The quantitative estimate of drug-likeness (QED) is 0.707. The van der Waals surface area contributed by atoms with Crippen molar-refractivity contribution < 1.29 is 8.78 Å². The molecule has 0 aliphatic heterocycles. The van der Waals surface area contributed by atoms with Gasteiger partial charge in [0.2, 0.25) is 0 Å². The van der Waals surface area contributed by atoms with Crippen molar-refractivity contribution in [2.45, 2.75) is 20.4 Å². The lowest BCUT2D eigenvalue weighted by atomic mass is 10.2. The molecule has 0 saturated carbocycles. The molecule has 1 aromatic rings. The minimum absolute atomic E-state index is 0.607. The molecule has 1 rings (SSSR count). The molecular weight excluding hydrogens is 200 g/mol. The van der Waals surface area contributed by atoms with Crippen LogP contribution in [0, 0.1) is 0 Å². The van der Waals surface area contributed by atoms with Crippen LogP contribution in [-0.2, 0) is 0 Å². The Bertz CT molecular complexity index is 366. The molecule has 0 unspecified atom stereocenters. The van der Waals surface area contributed by atoms with Gasteiger partial charge in [0.1, 0.15) is 0 Å². The third-order valence-electron chi connectivity index (χ3n) is 1.75. The number of rotatable bonds is 4. The van der Waals surface area contributed by atoms with E-state index in [2.05, 4.69) is 10.1 Å². The molecule has 0 saturated heterocycles. The highest BCUT2D eigenvalue weighted by Crippen LogP contribution is 2.10. The lowest BCUT2D eigenvalue weighted by Gasteiger charge is -1.97. The van der Waals surface area contributed by atoms with Crippen molar-refractivity contribution in [3.63, 3.8) is 0 Å². The Morgan fingerprint density at radius 3 is 2.87 bits per heavy atom. The summed E-state index contributed by atoms with van der Waals surface area (Å²) in [7, 11) is 0. The van der Waals surface area contributed by atoms with E-state index < -0.39 is 6.55 Å². The van der Waals surface area contributed by atoms with Crippen molar-refractivity contribution in [3.05, 3.63) is 30.1 Å². The molecule has 1 heterocycles. The van der Waals surface area contributed by atoms with Gasteiger partial charge in [-0.05, 0) is 19.9 Å². The molecule has 0 bridgehead atoms. The van der Waals surface area contributed by atoms with Gasteiger partial charge in [0.15, 0.2) is 0 Å². The van der Waals surface area contributed by atoms with Gasteiger partial charge >= 0.3 is 6.55 Å². The van der Waals surface area contributed by atoms with Crippen LogP contribution in [0.5, 0.6) is 0 Å². The monoisotopic (exact) mass is 213 g/mol. The summed E-state index contributed by atoms with van der Waals surface area (Å²) in [6.45, 7) is 1.75. The molecule has 0 amide bonds. The zero-order chi connectivity index (χ0) is 11.3.